The van der Waals surface area contributed by atoms with Gasteiger partial charge in [0.05, 0.1) is 5.92 Å². The van der Waals surface area contributed by atoms with Crippen LogP contribution in [0.4, 0.5) is 0 Å². The van der Waals surface area contributed by atoms with Gasteiger partial charge in [0, 0.05) is 6.04 Å². The second-order valence-corrected chi connectivity index (χ2v) is 4.12. The molecule has 2 bridgehead atoms. The Morgan fingerprint density at radius 3 is 2.00 bits per heavy atom. The molecule has 3 heteroatoms. The third-order valence-electron chi connectivity index (χ3n) is 3.57. The van der Waals surface area contributed by atoms with Crippen LogP contribution >= 0.6 is 0 Å². The summed E-state index contributed by atoms with van der Waals surface area (Å²) in [5.74, 6) is -0.0898. The van der Waals surface area contributed by atoms with E-state index in [0.717, 1.165) is 25.7 Å². The Kier molecular flexibility index (Phi) is 1.83. The molecule has 3 fully saturated rings. The van der Waals surface area contributed by atoms with Crippen LogP contribution in [-0.2, 0) is 4.79 Å². The molecule has 0 radical (unpaired) electrons. The van der Waals surface area contributed by atoms with Crippen molar-refractivity contribution in [2.45, 2.75) is 31.7 Å². The number of carboxylic acid groups (broad SMARTS) is 1. The van der Waals surface area contributed by atoms with Gasteiger partial charge in [-0.1, -0.05) is 0 Å². The summed E-state index contributed by atoms with van der Waals surface area (Å²) in [6.07, 6.45) is 4.45. The van der Waals surface area contributed by atoms with E-state index in [2.05, 4.69) is 0 Å². The summed E-state index contributed by atoms with van der Waals surface area (Å²) in [7, 11) is 0. The number of carboxylic acids is 1. The Morgan fingerprint density at radius 1 is 1.17 bits per heavy atom. The molecule has 12 heavy (non-hydrogen) atoms. The van der Waals surface area contributed by atoms with Crippen molar-refractivity contribution in [3.8, 4) is 0 Å². The van der Waals surface area contributed by atoms with Gasteiger partial charge in [-0.3, -0.25) is 4.79 Å². The molecule has 0 aromatic rings. The van der Waals surface area contributed by atoms with Crippen molar-refractivity contribution in [2.24, 2.45) is 23.5 Å². The lowest BCUT2D eigenvalue weighted by Gasteiger charge is -2.45. The zero-order chi connectivity index (χ0) is 8.72. The van der Waals surface area contributed by atoms with Crippen LogP contribution in [-0.4, -0.2) is 17.1 Å². The molecule has 0 spiro atoms. The summed E-state index contributed by atoms with van der Waals surface area (Å²) in [4.78, 5) is 10.9. The fourth-order valence-electron chi connectivity index (χ4n) is 2.86. The van der Waals surface area contributed by atoms with Gasteiger partial charge in [-0.25, -0.2) is 0 Å². The first-order valence-electron chi connectivity index (χ1n) is 4.68. The average molecular weight is 169 g/mol. The minimum absolute atomic E-state index is 0.0741. The van der Waals surface area contributed by atoms with Crippen LogP contribution in [0.15, 0.2) is 0 Å². The average Bonchev–Trinajstić information content (AvgIpc) is 2.05. The Balaban J connectivity index is 2.18. The summed E-state index contributed by atoms with van der Waals surface area (Å²) in [6, 6.07) is -0.0741. The van der Waals surface area contributed by atoms with E-state index in [4.69, 9.17) is 10.8 Å². The molecule has 0 saturated heterocycles. The maximum atomic E-state index is 10.9. The van der Waals surface area contributed by atoms with Gasteiger partial charge >= 0.3 is 5.97 Å². The van der Waals surface area contributed by atoms with E-state index in [0.29, 0.717) is 11.8 Å². The summed E-state index contributed by atoms with van der Waals surface area (Å²) < 4.78 is 0. The molecule has 3 saturated carbocycles. The molecule has 2 atom stereocenters. The third kappa shape index (κ3) is 1.04. The molecule has 3 rings (SSSR count). The first-order chi connectivity index (χ1) is 5.70. The highest BCUT2D eigenvalue weighted by molar-refractivity contribution is 5.71. The number of aliphatic carboxylic acids is 1. The lowest BCUT2D eigenvalue weighted by Crippen LogP contribution is -2.52. The molecular weight excluding hydrogens is 154 g/mol. The van der Waals surface area contributed by atoms with Gasteiger partial charge < -0.3 is 10.8 Å². The second-order valence-electron chi connectivity index (χ2n) is 4.12. The van der Waals surface area contributed by atoms with Crippen molar-refractivity contribution < 1.29 is 9.90 Å². The van der Waals surface area contributed by atoms with Crippen LogP contribution in [0.3, 0.4) is 0 Å². The molecule has 68 valence electrons. The first-order valence-corrected chi connectivity index (χ1v) is 4.68. The van der Waals surface area contributed by atoms with Gasteiger partial charge in [0.15, 0.2) is 0 Å². The van der Waals surface area contributed by atoms with E-state index in [1.807, 2.05) is 0 Å². The maximum absolute atomic E-state index is 10.9. The molecule has 3 aliphatic rings. The molecule has 3 N–H and O–H groups in total. The maximum Gasteiger partial charge on any atom is 0.308 e. The van der Waals surface area contributed by atoms with Crippen LogP contribution in [0, 0.1) is 17.8 Å². The molecule has 0 amide bonds. The number of carbonyl (C=O) groups is 1. The highest BCUT2D eigenvalue weighted by Gasteiger charge is 2.45. The quantitative estimate of drug-likeness (QED) is 0.611. The lowest BCUT2D eigenvalue weighted by molar-refractivity contribution is -0.148. The van der Waals surface area contributed by atoms with Gasteiger partial charge in [0.2, 0.25) is 0 Å². The zero-order valence-corrected chi connectivity index (χ0v) is 7.07. The number of hydrogen-bond acceptors (Lipinski definition) is 2. The second kappa shape index (κ2) is 2.73. The molecular formula is C9H15NO2. The van der Waals surface area contributed by atoms with Crippen LogP contribution in [0.2, 0.25) is 0 Å². The summed E-state index contributed by atoms with van der Waals surface area (Å²) in [6.45, 7) is 0. The van der Waals surface area contributed by atoms with Gasteiger partial charge in [0.25, 0.3) is 0 Å². The van der Waals surface area contributed by atoms with E-state index in [9.17, 15) is 4.79 Å². The van der Waals surface area contributed by atoms with E-state index in [1.165, 1.54) is 0 Å². The van der Waals surface area contributed by atoms with Crippen molar-refractivity contribution in [1.29, 1.82) is 0 Å². The highest BCUT2D eigenvalue weighted by atomic mass is 16.4. The van der Waals surface area contributed by atoms with Gasteiger partial charge in [-0.2, -0.15) is 0 Å². The topological polar surface area (TPSA) is 63.3 Å². The Hall–Kier alpha value is -0.570. The predicted molar refractivity (Wildman–Crippen MR) is 44.5 cm³/mol. The van der Waals surface area contributed by atoms with Crippen molar-refractivity contribution in [3.05, 3.63) is 0 Å². The molecule has 0 unspecified atom stereocenters. The summed E-state index contributed by atoms with van der Waals surface area (Å²) in [5.41, 5.74) is 5.88. The fourth-order valence-corrected chi connectivity index (χ4v) is 2.86. The van der Waals surface area contributed by atoms with Crippen LogP contribution < -0.4 is 5.73 Å². The Morgan fingerprint density at radius 2 is 1.67 bits per heavy atom. The largest absolute Gasteiger partial charge is 0.481 e. The van der Waals surface area contributed by atoms with E-state index in [1.54, 1.807) is 0 Å². The summed E-state index contributed by atoms with van der Waals surface area (Å²) in [5, 5.41) is 8.95. The zero-order valence-electron chi connectivity index (χ0n) is 7.07. The van der Waals surface area contributed by atoms with Crippen molar-refractivity contribution in [2.75, 3.05) is 0 Å². The van der Waals surface area contributed by atoms with Crippen LogP contribution in [0.5, 0.6) is 0 Å². The lowest BCUT2D eigenvalue weighted by atomic mass is 9.62. The van der Waals surface area contributed by atoms with Gasteiger partial charge in [0.1, 0.15) is 0 Å². The Labute approximate surface area is 71.9 Å². The van der Waals surface area contributed by atoms with E-state index in [-0.39, 0.29) is 12.0 Å². The Bertz CT molecular complexity index is 195. The van der Waals surface area contributed by atoms with E-state index >= 15 is 0 Å². The molecule has 0 aromatic carbocycles. The minimum Gasteiger partial charge on any atom is -0.481 e. The molecule has 0 aromatic heterocycles. The standard InChI is InChI=1S/C9H15NO2/c10-8-6-3-1-5(2-4-6)7(8)9(11)12/h5-8H,1-4,10H2,(H,11,12)/t5?,6?,7-,8-/m1/s1. The van der Waals surface area contributed by atoms with Crippen molar-refractivity contribution >= 4 is 5.97 Å². The first kappa shape index (κ1) is 8.05. The number of nitrogens with two attached hydrogens (primary N) is 1. The summed E-state index contributed by atoms with van der Waals surface area (Å²) >= 11 is 0. The molecule has 3 nitrogen and oxygen atoms in total. The number of fused-ring (bicyclic) bond motifs is 3. The number of hydrogen-bond donors (Lipinski definition) is 2. The van der Waals surface area contributed by atoms with Gasteiger partial charge in [-0.05, 0) is 37.5 Å². The monoisotopic (exact) mass is 169 g/mol. The predicted octanol–water partition coefficient (Wildman–Crippen LogP) is 0.834. The molecule has 3 aliphatic carbocycles. The van der Waals surface area contributed by atoms with Crippen LogP contribution in [0.1, 0.15) is 25.7 Å². The highest BCUT2D eigenvalue weighted by Crippen LogP contribution is 2.44. The molecule has 0 aliphatic heterocycles. The van der Waals surface area contributed by atoms with E-state index < -0.39 is 5.97 Å². The van der Waals surface area contributed by atoms with Crippen molar-refractivity contribution in [1.82, 2.24) is 0 Å². The smallest absolute Gasteiger partial charge is 0.308 e. The third-order valence-corrected chi connectivity index (χ3v) is 3.57. The fraction of sp³-hybridized carbons (Fsp3) is 0.889. The molecule has 0 heterocycles. The normalized spacial score (nSPS) is 46.1. The SMILES string of the molecule is N[C@@H]1C2CCC(CC2)[C@H]1C(=O)O. The number of rotatable bonds is 1. The minimum atomic E-state index is -0.683. The van der Waals surface area contributed by atoms with Gasteiger partial charge in [-0.15, -0.1) is 0 Å². The van der Waals surface area contributed by atoms with Crippen molar-refractivity contribution in [3.63, 3.8) is 0 Å². The van der Waals surface area contributed by atoms with Crippen LogP contribution in [0.25, 0.3) is 0 Å².